The summed E-state index contributed by atoms with van der Waals surface area (Å²) in [6, 6.07) is 27.1. The zero-order valence-corrected chi connectivity index (χ0v) is 21.2. The fourth-order valence-corrected chi connectivity index (χ4v) is 6.32. The molecule has 0 nitrogen and oxygen atoms in total. The van der Waals surface area contributed by atoms with Crippen molar-refractivity contribution in [3.63, 3.8) is 0 Å². The molecule has 0 fully saturated rings. The van der Waals surface area contributed by atoms with Gasteiger partial charge in [0.2, 0.25) is 0 Å². The van der Waals surface area contributed by atoms with Gasteiger partial charge in [-0.3, -0.25) is 0 Å². The van der Waals surface area contributed by atoms with Gasteiger partial charge in [-0.1, -0.05) is 62.4 Å². The van der Waals surface area contributed by atoms with Crippen LogP contribution in [0.25, 0.3) is 54.9 Å². The molecular weight excluding hydrogens is 496 g/mol. The Morgan fingerprint density at radius 3 is 1.13 bits per heavy atom. The summed E-state index contributed by atoms with van der Waals surface area (Å²) in [6.45, 7) is 4.24. The van der Waals surface area contributed by atoms with Crippen LogP contribution in [0.5, 0.6) is 0 Å². The fraction of sp³-hybridized carbons (Fsp3) is 0.0857. The number of hydrogen-bond acceptors (Lipinski definition) is 0. The van der Waals surface area contributed by atoms with Crippen molar-refractivity contribution < 1.29 is 17.6 Å². The van der Waals surface area contributed by atoms with E-state index in [1.165, 1.54) is 24.3 Å². The van der Waals surface area contributed by atoms with Crippen molar-refractivity contribution in [3.8, 4) is 33.4 Å². The first-order valence-corrected chi connectivity index (χ1v) is 12.8. The molecule has 7 rings (SSSR count). The lowest BCUT2D eigenvalue weighted by molar-refractivity contribution is 0.583. The highest BCUT2D eigenvalue weighted by Crippen LogP contribution is 2.56. The summed E-state index contributed by atoms with van der Waals surface area (Å²) < 4.78 is 57.2. The Balaban J connectivity index is 1.61. The largest absolute Gasteiger partial charge is 0.207 e. The van der Waals surface area contributed by atoms with Crippen LogP contribution in [0.1, 0.15) is 25.0 Å². The van der Waals surface area contributed by atoms with E-state index in [0.29, 0.717) is 11.1 Å². The van der Waals surface area contributed by atoms with Crippen LogP contribution in [0.2, 0.25) is 0 Å². The molecule has 0 atom stereocenters. The molecule has 0 N–H and O–H groups in total. The van der Waals surface area contributed by atoms with Crippen molar-refractivity contribution in [1.29, 1.82) is 0 Å². The molecule has 0 radical (unpaired) electrons. The lowest BCUT2D eigenvalue weighted by atomic mass is 9.79. The van der Waals surface area contributed by atoms with E-state index in [2.05, 4.69) is 13.8 Å². The third-order valence-electron chi connectivity index (χ3n) is 8.03. The maximum absolute atomic E-state index is 14.3. The molecule has 1 aliphatic rings. The number of benzene rings is 6. The van der Waals surface area contributed by atoms with Crippen LogP contribution in [0.4, 0.5) is 17.6 Å². The Morgan fingerprint density at radius 2 is 0.769 bits per heavy atom. The van der Waals surface area contributed by atoms with Gasteiger partial charge in [0.25, 0.3) is 0 Å². The second kappa shape index (κ2) is 8.28. The zero-order chi connectivity index (χ0) is 27.1. The van der Waals surface area contributed by atoms with Gasteiger partial charge in [0, 0.05) is 17.5 Å². The first kappa shape index (κ1) is 23.7. The van der Waals surface area contributed by atoms with Gasteiger partial charge >= 0.3 is 0 Å². The second-order valence-corrected chi connectivity index (χ2v) is 10.7. The highest BCUT2D eigenvalue weighted by molar-refractivity contribution is 6.16. The molecule has 0 amide bonds. The number of rotatable bonds is 2. The quantitative estimate of drug-likeness (QED) is 0.200. The van der Waals surface area contributed by atoms with E-state index in [0.717, 1.165) is 67.1 Å². The molecule has 4 heteroatoms. The molecule has 0 bridgehead atoms. The van der Waals surface area contributed by atoms with Crippen LogP contribution in [-0.4, -0.2) is 0 Å². The molecule has 0 aromatic heterocycles. The molecule has 6 aromatic carbocycles. The summed E-state index contributed by atoms with van der Waals surface area (Å²) in [7, 11) is 0. The average Bonchev–Trinajstić information content (AvgIpc) is 3.13. The van der Waals surface area contributed by atoms with Crippen LogP contribution in [0.3, 0.4) is 0 Å². The van der Waals surface area contributed by atoms with Crippen molar-refractivity contribution >= 4 is 21.5 Å². The van der Waals surface area contributed by atoms with Crippen molar-refractivity contribution in [3.05, 3.63) is 131 Å². The lowest BCUT2D eigenvalue weighted by Crippen LogP contribution is -2.15. The van der Waals surface area contributed by atoms with Crippen molar-refractivity contribution in [2.75, 3.05) is 0 Å². The fourth-order valence-electron chi connectivity index (χ4n) is 6.32. The Bertz CT molecular complexity index is 1800. The van der Waals surface area contributed by atoms with E-state index in [1.54, 1.807) is 0 Å². The maximum Gasteiger partial charge on any atom is 0.126 e. The molecule has 39 heavy (non-hydrogen) atoms. The van der Waals surface area contributed by atoms with E-state index in [1.807, 2.05) is 60.7 Å². The van der Waals surface area contributed by atoms with Crippen LogP contribution < -0.4 is 0 Å². The number of halogens is 4. The SMILES string of the molecule is CC1(C)c2cc(-c3cc(F)cc(F)c3)c3ccccc3c2-c2c1cc(-c1cc(F)cc(F)c1)c1ccccc21. The third-order valence-corrected chi connectivity index (χ3v) is 8.03. The third kappa shape index (κ3) is 3.51. The van der Waals surface area contributed by atoms with Crippen LogP contribution in [0.15, 0.2) is 97.1 Å². The summed E-state index contributed by atoms with van der Waals surface area (Å²) in [6.07, 6.45) is 0. The Hall–Kier alpha value is -4.44. The van der Waals surface area contributed by atoms with Crippen LogP contribution in [0, 0.1) is 23.3 Å². The summed E-state index contributed by atoms with van der Waals surface area (Å²) in [4.78, 5) is 0. The van der Waals surface area contributed by atoms with Crippen molar-refractivity contribution in [2.24, 2.45) is 0 Å². The highest BCUT2D eigenvalue weighted by atomic mass is 19.1. The zero-order valence-electron chi connectivity index (χ0n) is 21.2. The van der Waals surface area contributed by atoms with E-state index in [4.69, 9.17) is 0 Å². The van der Waals surface area contributed by atoms with E-state index in [-0.39, 0.29) is 0 Å². The van der Waals surface area contributed by atoms with Gasteiger partial charge in [-0.25, -0.2) is 17.6 Å². The van der Waals surface area contributed by atoms with E-state index in [9.17, 15) is 17.6 Å². The Labute approximate surface area is 223 Å². The van der Waals surface area contributed by atoms with Crippen molar-refractivity contribution in [1.82, 2.24) is 0 Å². The molecule has 190 valence electrons. The predicted octanol–water partition coefficient (Wildman–Crippen LogP) is 10.2. The Kier molecular flexibility index (Phi) is 5.02. The molecule has 1 aliphatic carbocycles. The van der Waals surface area contributed by atoms with Gasteiger partial charge in [0.1, 0.15) is 23.3 Å². The molecule has 0 spiro atoms. The summed E-state index contributed by atoms with van der Waals surface area (Å²) in [5.74, 6) is -2.52. The lowest BCUT2D eigenvalue weighted by Gasteiger charge is -2.24. The summed E-state index contributed by atoms with van der Waals surface area (Å²) in [5, 5.41) is 3.75. The second-order valence-electron chi connectivity index (χ2n) is 10.7. The summed E-state index contributed by atoms with van der Waals surface area (Å²) >= 11 is 0. The molecule has 0 saturated carbocycles. The van der Waals surface area contributed by atoms with Gasteiger partial charge in [-0.2, -0.15) is 0 Å². The monoisotopic (exact) mass is 518 g/mol. The van der Waals surface area contributed by atoms with Crippen LogP contribution >= 0.6 is 0 Å². The molecule has 0 unspecified atom stereocenters. The molecule has 6 aromatic rings. The molecule has 0 heterocycles. The van der Waals surface area contributed by atoms with Gasteiger partial charge in [0.15, 0.2) is 0 Å². The average molecular weight is 519 g/mol. The van der Waals surface area contributed by atoms with Crippen molar-refractivity contribution in [2.45, 2.75) is 19.3 Å². The summed E-state index contributed by atoms with van der Waals surface area (Å²) in [5.41, 5.74) is 6.14. The van der Waals surface area contributed by atoms with Gasteiger partial charge in [-0.15, -0.1) is 0 Å². The first-order chi connectivity index (χ1) is 18.7. The van der Waals surface area contributed by atoms with Gasteiger partial charge < -0.3 is 0 Å². The Morgan fingerprint density at radius 1 is 0.436 bits per heavy atom. The minimum absolute atomic E-state index is 0.471. The maximum atomic E-state index is 14.3. The van der Waals surface area contributed by atoms with Gasteiger partial charge in [0.05, 0.1) is 0 Å². The molecular formula is C35H22F4. The topological polar surface area (TPSA) is 0 Å². The standard InChI is InChI=1S/C35H22F4/c1-35(2)31-17-29(19-11-21(36)15-22(37)12-19)25-7-3-5-9-27(25)33(31)34-28-10-6-4-8-26(28)30(18-32(34)35)20-13-23(38)16-24(39)14-20/h3-18H,1-2H3. The molecule has 0 saturated heterocycles. The minimum atomic E-state index is -0.630. The van der Waals surface area contributed by atoms with Crippen LogP contribution in [-0.2, 0) is 5.41 Å². The normalized spacial score (nSPS) is 13.6. The number of hydrogen-bond donors (Lipinski definition) is 0. The van der Waals surface area contributed by atoms with E-state index >= 15 is 0 Å². The highest BCUT2D eigenvalue weighted by Gasteiger charge is 2.39. The first-order valence-electron chi connectivity index (χ1n) is 12.8. The molecule has 0 aliphatic heterocycles. The predicted molar refractivity (Wildman–Crippen MR) is 150 cm³/mol. The van der Waals surface area contributed by atoms with Gasteiger partial charge in [-0.05, 0) is 102 Å². The number of fused-ring (bicyclic) bond motifs is 7. The minimum Gasteiger partial charge on any atom is -0.207 e. The smallest absolute Gasteiger partial charge is 0.126 e. The van der Waals surface area contributed by atoms with E-state index < -0.39 is 28.7 Å².